The predicted octanol–water partition coefficient (Wildman–Crippen LogP) is 1.04. The molecule has 142 valence electrons. The van der Waals surface area contributed by atoms with Crippen LogP contribution >= 0.6 is 0 Å². The highest BCUT2D eigenvalue weighted by atomic mass is 16.6. The van der Waals surface area contributed by atoms with Gasteiger partial charge < -0.3 is 0 Å². The van der Waals surface area contributed by atoms with Gasteiger partial charge in [-0.1, -0.05) is 12.1 Å². The number of amides is 4. The van der Waals surface area contributed by atoms with Crippen LogP contribution in [0.1, 0.15) is 37.5 Å². The monoisotopic (exact) mass is 382 g/mol. The van der Waals surface area contributed by atoms with Crippen LogP contribution in [0.25, 0.3) is 0 Å². The van der Waals surface area contributed by atoms with Crippen LogP contribution in [0.2, 0.25) is 0 Å². The van der Waals surface area contributed by atoms with Crippen LogP contribution in [0.3, 0.4) is 0 Å². The van der Waals surface area contributed by atoms with Crippen molar-refractivity contribution in [1.29, 1.82) is 0 Å². The molecule has 0 unspecified atom stereocenters. The summed E-state index contributed by atoms with van der Waals surface area (Å²) < 4.78 is 0. The van der Waals surface area contributed by atoms with E-state index in [0.717, 1.165) is 4.90 Å². The summed E-state index contributed by atoms with van der Waals surface area (Å²) in [5.41, 5.74) is 4.87. The quantitative estimate of drug-likeness (QED) is 0.450. The van der Waals surface area contributed by atoms with Crippen molar-refractivity contribution in [2.24, 2.45) is 0 Å². The number of carbonyl (C=O) groups excluding carboxylic acids is 4. The molecule has 0 atom stereocenters. The van der Waals surface area contributed by atoms with Crippen LogP contribution in [0, 0.1) is 10.1 Å². The number of fused-ring (bicyclic) bond motifs is 1. The number of rotatable bonds is 5. The van der Waals surface area contributed by atoms with E-state index in [9.17, 15) is 29.3 Å². The Morgan fingerprint density at radius 2 is 1.50 bits per heavy atom. The molecule has 3 rings (SSSR count). The van der Waals surface area contributed by atoms with Crippen LogP contribution < -0.4 is 10.9 Å². The second-order valence-electron chi connectivity index (χ2n) is 5.86. The number of imide groups is 1. The third-order valence-electron chi connectivity index (χ3n) is 4.10. The van der Waals surface area contributed by atoms with Crippen molar-refractivity contribution in [1.82, 2.24) is 15.8 Å². The summed E-state index contributed by atoms with van der Waals surface area (Å²) in [6.07, 6.45) is -0.202. The van der Waals surface area contributed by atoms with E-state index >= 15 is 0 Å². The van der Waals surface area contributed by atoms with Crippen molar-refractivity contribution in [2.75, 3.05) is 6.54 Å². The van der Waals surface area contributed by atoms with E-state index in [4.69, 9.17) is 0 Å². The van der Waals surface area contributed by atoms with Crippen LogP contribution in [0.5, 0.6) is 0 Å². The average molecular weight is 382 g/mol. The highest BCUT2D eigenvalue weighted by molar-refractivity contribution is 6.21. The Kier molecular flexibility index (Phi) is 5.12. The minimum Gasteiger partial charge on any atom is -0.274 e. The Labute approximate surface area is 158 Å². The van der Waals surface area contributed by atoms with Crippen molar-refractivity contribution in [3.05, 3.63) is 75.3 Å². The van der Waals surface area contributed by atoms with Gasteiger partial charge in [0.05, 0.1) is 16.1 Å². The molecule has 2 aromatic rings. The van der Waals surface area contributed by atoms with Crippen LogP contribution in [-0.4, -0.2) is 40.0 Å². The molecule has 0 spiro atoms. The molecule has 4 amide bonds. The topological polar surface area (TPSA) is 139 Å². The Bertz CT molecular complexity index is 951. The second-order valence-corrected chi connectivity index (χ2v) is 5.86. The fraction of sp³-hybridized carbons (Fsp3) is 0.111. The normalized spacial score (nSPS) is 12.5. The molecule has 28 heavy (non-hydrogen) atoms. The van der Waals surface area contributed by atoms with Crippen molar-refractivity contribution in [3.8, 4) is 0 Å². The summed E-state index contributed by atoms with van der Waals surface area (Å²) in [6, 6.07) is 11.2. The van der Waals surface area contributed by atoms with Crippen LogP contribution in [0.4, 0.5) is 5.69 Å². The average Bonchev–Trinajstić information content (AvgIpc) is 2.95. The fourth-order valence-corrected chi connectivity index (χ4v) is 2.65. The molecule has 10 nitrogen and oxygen atoms in total. The zero-order valence-corrected chi connectivity index (χ0v) is 14.4. The largest absolute Gasteiger partial charge is 0.274 e. The predicted molar refractivity (Wildman–Crippen MR) is 95.1 cm³/mol. The smallest absolute Gasteiger partial charge is 0.269 e. The highest BCUT2D eigenvalue weighted by Gasteiger charge is 2.34. The molecule has 0 aromatic heterocycles. The number of nitrogens with one attached hydrogen (secondary N) is 2. The number of nitrogens with zero attached hydrogens (tertiary/aromatic N) is 2. The first-order valence-electron chi connectivity index (χ1n) is 8.17. The van der Waals surface area contributed by atoms with E-state index in [1.165, 1.54) is 24.3 Å². The van der Waals surface area contributed by atoms with E-state index in [1.54, 1.807) is 24.3 Å². The van der Waals surface area contributed by atoms with Crippen LogP contribution in [-0.2, 0) is 4.79 Å². The number of hydrogen-bond donors (Lipinski definition) is 2. The first-order chi connectivity index (χ1) is 13.4. The minimum absolute atomic E-state index is 0.117. The number of hydrogen-bond acceptors (Lipinski definition) is 6. The molecule has 1 aliphatic rings. The Hall–Kier alpha value is -4.08. The molecular formula is C18H14N4O6. The van der Waals surface area contributed by atoms with E-state index in [1.807, 2.05) is 0 Å². The Balaban J connectivity index is 1.50. The number of nitro benzene ring substituents is 1. The molecule has 0 bridgehead atoms. The zero-order chi connectivity index (χ0) is 20.3. The summed E-state index contributed by atoms with van der Waals surface area (Å²) in [7, 11) is 0. The molecule has 1 aliphatic heterocycles. The van der Waals surface area contributed by atoms with Gasteiger partial charge in [-0.15, -0.1) is 0 Å². The van der Waals surface area contributed by atoms with Gasteiger partial charge in [-0.2, -0.15) is 0 Å². The van der Waals surface area contributed by atoms with E-state index in [-0.39, 0.29) is 24.2 Å². The molecule has 2 aromatic carbocycles. The number of benzene rings is 2. The SMILES string of the molecule is O=C(CCN1C(=O)c2ccccc2C1=O)NNC(=O)c1ccc([N+](=O)[O-])cc1. The van der Waals surface area contributed by atoms with Crippen molar-refractivity contribution in [3.63, 3.8) is 0 Å². The van der Waals surface area contributed by atoms with E-state index < -0.39 is 28.6 Å². The highest BCUT2D eigenvalue weighted by Crippen LogP contribution is 2.22. The molecular weight excluding hydrogens is 368 g/mol. The molecule has 10 heteroatoms. The van der Waals surface area contributed by atoms with Gasteiger partial charge in [-0.05, 0) is 24.3 Å². The standard InChI is InChI=1S/C18H14N4O6/c23-15(19-20-16(24)11-5-7-12(8-6-11)22(27)28)9-10-21-17(25)13-3-1-2-4-14(13)18(21)26/h1-8H,9-10H2,(H,19,23)(H,20,24). The van der Waals surface area contributed by atoms with Gasteiger partial charge in [-0.3, -0.25) is 45.0 Å². The molecule has 2 N–H and O–H groups in total. The van der Waals surface area contributed by atoms with Crippen molar-refractivity contribution >= 4 is 29.3 Å². The van der Waals surface area contributed by atoms with Crippen molar-refractivity contribution in [2.45, 2.75) is 6.42 Å². The third-order valence-corrected chi connectivity index (χ3v) is 4.10. The van der Waals surface area contributed by atoms with Gasteiger partial charge in [0.25, 0.3) is 23.4 Å². The van der Waals surface area contributed by atoms with Crippen LogP contribution in [0.15, 0.2) is 48.5 Å². The summed E-state index contributed by atoms with van der Waals surface area (Å²) in [4.78, 5) is 59.2. The van der Waals surface area contributed by atoms with Crippen molar-refractivity contribution < 1.29 is 24.1 Å². The lowest BCUT2D eigenvalue weighted by Gasteiger charge is -2.13. The molecule has 0 saturated heterocycles. The van der Waals surface area contributed by atoms with Gasteiger partial charge in [0.2, 0.25) is 5.91 Å². The lowest BCUT2D eigenvalue weighted by atomic mass is 10.1. The Morgan fingerprint density at radius 1 is 0.929 bits per heavy atom. The molecule has 1 heterocycles. The number of carbonyl (C=O) groups is 4. The third kappa shape index (κ3) is 3.70. The summed E-state index contributed by atoms with van der Waals surface area (Å²) in [5.74, 6) is -2.21. The first-order valence-corrected chi connectivity index (χ1v) is 8.17. The maximum atomic E-state index is 12.2. The summed E-state index contributed by atoms with van der Waals surface area (Å²) in [5, 5.41) is 10.6. The van der Waals surface area contributed by atoms with Gasteiger partial charge in [-0.25, -0.2) is 0 Å². The summed E-state index contributed by atoms with van der Waals surface area (Å²) >= 11 is 0. The number of hydrazine groups is 1. The second kappa shape index (κ2) is 7.66. The fourth-order valence-electron chi connectivity index (χ4n) is 2.65. The molecule has 0 saturated carbocycles. The van der Waals surface area contributed by atoms with Gasteiger partial charge in [0.1, 0.15) is 0 Å². The van der Waals surface area contributed by atoms with E-state index in [2.05, 4.69) is 10.9 Å². The minimum atomic E-state index is -0.663. The number of non-ortho nitro benzene ring substituents is 1. The lowest BCUT2D eigenvalue weighted by Crippen LogP contribution is -2.43. The first kappa shape index (κ1) is 18.7. The lowest BCUT2D eigenvalue weighted by molar-refractivity contribution is -0.384. The Morgan fingerprint density at radius 3 is 2.04 bits per heavy atom. The van der Waals surface area contributed by atoms with Gasteiger partial charge in [0, 0.05) is 30.7 Å². The van der Waals surface area contributed by atoms with Gasteiger partial charge >= 0.3 is 0 Å². The summed E-state index contributed by atoms with van der Waals surface area (Å²) in [6.45, 7) is -0.133. The van der Waals surface area contributed by atoms with E-state index in [0.29, 0.717) is 11.1 Å². The molecule has 0 aliphatic carbocycles. The zero-order valence-electron chi connectivity index (χ0n) is 14.4. The number of nitro groups is 1. The molecule has 0 fully saturated rings. The maximum absolute atomic E-state index is 12.2. The maximum Gasteiger partial charge on any atom is 0.269 e. The molecule has 0 radical (unpaired) electrons. The van der Waals surface area contributed by atoms with Gasteiger partial charge in [0.15, 0.2) is 0 Å².